The summed E-state index contributed by atoms with van der Waals surface area (Å²) in [5, 5.41) is 34.2. The fraction of sp³-hybridized carbons (Fsp3) is 1.00. The van der Waals surface area contributed by atoms with E-state index in [1.54, 1.807) is 18.7 Å². The molecule has 0 aromatic rings. The van der Waals surface area contributed by atoms with Crippen molar-refractivity contribution in [2.75, 3.05) is 46.0 Å². The molecule has 0 atom stereocenters. The number of nitrogens with two attached hydrogens (primary N) is 1. The van der Waals surface area contributed by atoms with Crippen LogP contribution in [0.15, 0.2) is 0 Å². The van der Waals surface area contributed by atoms with Gasteiger partial charge in [0.05, 0.1) is 25.4 Å². The van der Waals surface area contributed by atoms with E-state index in [0.29, 0.717) is 26.2 Å². The maximum Gasteiger partial charge on any atom is 0.0713 e. The van der Waals surface area contributed by atoms with Crippen LogP contribution in [0.25, 0.3) is 0 Å². The monoisotopic (exact) mass is 238 g/mol. The van der Waals surface area contributed by atoms with Crippen molar-refractivity contribution in [2.45, 2.75) is 19.4 Å². The molecule has 6 nitrogen and oxygen atoms in total. The molecule has 0 aromatic heterocycles. The molecule has 0 heterocycles. The van der Waals surface area contributed by atoms with E-state index in [0.717, 1.165) is 0 Å². The highest BCUT2D eigenvalue weighted by Gasteiger charge is 2.06. The van der Waals surface area contributed by atoms with Crippen LogP contribution in [-0.2, 0) is 0 Å². The maximum absolute atomic E-state index is 8.70. The summed E-state index contributed by atoms with van der Waals surface area (Å²) >= 11 is 0. The molecule has 6 heteroatoms. The van der Waals surface area contributed by atoms with Gasteiger partial charge in [0.15, 0.2) is 0 Å². The van der Waals surface area contributed by atoms with Gasteiger partial charge in [0.25, 0.3) is 0 Å². The molecule has 0 unspecified atom stereocenters. The van der Waals surface area contributed by atoms with Gasteiger partial charge in [-0.2, -0.15) is 0 Å². The van der Waals surface area contributed by atoms with Gasteiger partial charge >= 0.3 is 0 Å². The molecular weight excluding hydrogens is 212 g/mol. The number of nitrogens with zero attached hydrogens (tertiary/aromatic N) is 1. The largest absolute Gasteiger partial charge is 0.395 e. The van der Waals surface area contributed by atoms with Crippen molar-refractivity contribution in [2.24, 2.45) is 5.73 Å². The van der Waals surface area contributed by atoms with Crippen LogP contribution >= 0.6 is 0 Å². The van der Waals surface area contributed by atoms with Crippen molar-refractivity contribution in [1.82, 2.24) is 4.90 Å². The highest BCUT2D eigenvalue weighted by atomic mass is 16.3. The van der Waals surface area contributed by atoms with Gasteiger partial charge in [-0.3, -0.25) is 4.90 Å². The first-order chi connectivity index (χ1) is 7.41. The predicted octanol–water partition coefficient (Wildman–Crippen LogP) is -2.02. The number of aliphatic hydroxyl groups excluding tert-OH is 3. The summed E-state index contributed by atoms with van der Waals surface area (Å²) in [7, 11) is 0. The molecule has 0 aliphatic rings. The minimum atomic E-state index is -0.681. The minimum Gasteiger partial charge on any atom is -0.395 e. The standard InChI is InChI=1S/C6H15NO3.C4H11NO/c8-4-1-7(2-5-9)3-6-10;1-4(2,6)3-5/h8-10H,1-6H2;6H,3,5H2,1-2H3. The maximum atomic E-state index is 8.70. The summed E-state index contributed by atoms with van der Waals surface area (Å²) in [6.45, 7) is 5.43. The van der Waals surface area contributed by atoms with E-state index >= 15 is 0 Å². The Morgan fingerprint density at radius 3 is 1.31 bits per heavy atom. The van der Waals surface area contributed by atoms with Gasteiger partial charge in [-0.1, -0.05) is 0 Å². The molecule has 0 spiro atoms. The second-order valence-electron chi connectivity index (χ2n) is 4.03. The zero-order chi connectivity index (χ0) is 13.0. The van der Waals surface area contributed by atoms with E-state index in [1.807, 2.05) is 0 Å². The Labute approximate surface area is 97.3 Å². The first-order valence-corrected chi connectivity index (χ1v) is 5.38. The fourth-order valence-electron chi connectivity index (χ4n) is 0.760. The number of hydrogen-bond donors (Lipinski definition) is 5. The van der Waals surface area contributed by atoms with Crippen LogP contribution in [0.3, 0.4) is 0 Å². The van der Waals surface area contributed by atoms with Crippen molar-refractivity contribution >= 4 is 0 Å². The van der Waals surface area contributed by atoms with Gasteiger partial charge in [-0.15, -0.1) is 0 Å². The molecule has 0 bridgehead atoms. The molecule has 0 fully saturated rings. The van der Waals surface area contributed by atoms with Crippen LogP contribution in [0.4, 0.5) is 0 Å². The normalized spacial score (nSPS) is 11.2. The quantitative estimate of drug-likeness (QED) is 0.350. The fourth-order valence-corrected chi connectivity index (χ4v) is 0.760. The van der Waals surface area contributed by atoms with E-state index in [9.17, 15) is 0 Å². The molecule has 16 heavy (non-hydrogen) atoms. The number of aliphatic hydroxyl groups is 4. The molecule has 0 saturated carbocycles. The number of rotatable bonds is 7. The lowest BCUT2D eigenvalue weighted by molar-refractivity contribution is 0.0898. The second kappa shape index (κ2) is 11.3. The van der Waals surface area contributed by atoms with Gasteiger partial charge in [0, 0.05) is 26.2 Å². The topological polar surface area (TPSA) is 110 Å². The summed E-state index contributed by atoms with van der Waals surface area (Å²) in [4.78, 5) is 1.79. The highest BCUT2D eigenvalue weighted by Crippen LogP contribution is 1.93. The van der Waals surface area contributed by atoms with E-state index in [1.165, 1.54) is 0 Å². The Balaban J connectivity index is 0. The first kappa shape index (κ1) is 18.1. The molecule has 0 radical (unpaired) electrons. The van der Waals surface area contributed by atoms with Gasteiger partial charge in [-0.05, 0) is 13.8 Å². The van der Waals surface area contributed by atoms with Crippen molar-refractivity contribution < 1.29 is 20.4 Å². The smallest absolute Gasteiger partial charge is 0.0713 e. The third kappa shape index (κ3) is 16.2. The molecule has 0 aliphatic heterocycles. The Morgan fingerprint density at radius 2 is 1.19 bits per heavy atom. The van der Waals surface area contributed by atoms with Crippen LogP contribution in [-0.4, -0.2) is 76.9 Å². The lowest BCUT2D eigenvalue weighted by Crippen LogP contribution is -2.32. The van der Waals surface area contributed by atoms with E-state index in [-0.39, 0.29) is 19.8 Å². The summed E-state index contributed by atoms with van der Waals surface area (Å²) in [5.74, 6) is 0. The lowest BCUT2D eigenvalue weighted by atomic mass is 10.1. The predicted molar refractivity (Wildman–Crippen MR) is 63.0 cm³/mol. The van der Waals surface area contributed by atoms with E-state index in [2.05, 4.69) is 0 Å². The van der Waals surface area contributed by atoms with E-state index < -0.39 is 5.60 Å². The van der Waals surface area contributed by atoms with Crippen LogP contribution in [0.1, 0.15) is 13.8 Å². The van der Waals surface area contributed by atoms with Crippen LogP contribution in [0.5, 0.6) is 0 Å². The van der Waals surface area contributed by atoms with Crippen molar-refractivity contribution in [3.8, 4) is 0 Å². The molecule has 0 aromatic carbocycles. The summed E-state index contributed by atoms with van der Waals surface area (Å²) < 4.78 is 0. The van der Waals surface area contributed by atoms with Crippen LogP contribution in [0.2, 0.25) is 0 Å². The Kier molecular flexibility index (Phi) is 12.8. The molecule has 0 saturated heterocycles. The number of hydrogen-bond acceptors (Lipinski definition) is 6. The Morgan fingerprint density at radius 1 is 0.938 bits per heavy atom. The van der Waals surface area contributed by atoms with Crippen LogP contribution < -0.4 is 5.73 Å². The van der Waals surface area contributed by atoms with Gasteiger partial charge in [0.2, 0.25) is 0 Å². The Hall–Kier alpha value is -0.240. The molecule has 0 rings (SSSR count). The molecule has 0 aliphatic carbocycles. The first-order valence-electron chi connectivity index (χ1n) is 5.38. The second-order valence-corrected chi connectivity index (χ2v) is 4.03. The third-order valence-corrected chi connectivity index (χ3v) is 1.75. The average Bonchev–Trinajstić information content (AvgIpc) is 2.19. The van der Waals surface area contributed by atoms with E-state index in [4.69, 9.17) is 26.2 Å². The minimum absolute atomic E-state index is 0.0694. The summed E-state index contributed by atoms with van der Waals surface area (Å²) in [6.07, 6.45) is 0. The third-order valence-electron chi connectivity index (χ3n) is 1.75. The SMILES string of the molecule is CC(C)(O)CN.OCCN(CCO)CCO. The molecular formula is C10H26N2O4. The van der Waals surface area contributed by atoms with Crippen LogP contribution in [0, 0.1) is 0 Å². The molecule has 0 amide bonds. The molecule has 6 N–H and O–H groups in total. The van der Waals surface area contributed by atoms with Crippen molar-refractivity contribution in [1.29, 1.82) is 0 Å². The zero-order valence-electron chi connectivity index (χ0n) is 10.3. The lowest BCUT2D eigenvalue weighted by Gasteiger charge is -2.17. The van der Waals surface area contributed by atoms with Gasteiger partial charge < -0.3 is 26.2 Å². The van der Waals surface area contributed by atoms with Crippen molar-refractivity contribution in [3.63, 3.8) is 0 Å². The molecule has 100 valence electrons. The summed E-state index contributed by atoms with van der Waals surface area (Å²) in [6, 6.07) is 0. The Bertz CT molecular complexity index is 125. The van der Waals surface area contributed by atoms with Gasteiger partial charge in [0.1, 0.15) is 0 Å². The summed E-state index contributed by atoms with van der Waals surface area (Å²) in [5.41, 5.74) is 4.38. The highest BCUT2D eigenvalue weighted by molar-refractivity contribution is 4.63. The van der Waals surface area contributed by atoms with Gasteiger partial charge in [-0.25, -0.2) is 0 Å². The van der Waals surface area contributed by atoms with Crippen molar-refractivity contribution in [3.05, 3.63) is 0 Å². The zero-order valence-corrected chi connectivity index (χ0v) is 10.3. The average molecular weight is 238 g/mol.